The van der Waals surface area contributed by atoms with Crippen molar-refractivity contribution in [1.82, 2.24) is 0 Å². The van der Waals surface area contributed by atoms with Crippen molar-refractivity contribution >= 4 is 5.78 Å². The molecule has 0 aromatic carbocycles. The predicted octanol–water partition coefficient (Wildman–Crippen LogP) is 1.60. The van der Waals surface area contributed by atoms with Crippen LogP contribution in [0.15, 0.2) is 23.8 Å². The van der Waals surface area contributed by atoms with E-state index >= 15 is 0 Å². The van der Waals surface area contributed by atoms with Crippen LogP contribution in [0.2, 0.25) is 0 Å². The molecule has 2 atom stereocenters. The number of rotatable bonds is 2. The Labute approximate surface area is 96.5 Å². The maximum atomic E-state index is 11.5. The van der Waals surface area contributed by atoms with E-state index in [1.54, 1.807) is 26.0 Å². The zero-order valence-electron chi connectivity index (χ0n) is 10.3. The third-order valence-corrected chi connectivity index (χ3v) is 3.24. The van der Waals surface area contributed by atoms with Crippen molar-refractivity contribution in [2.45, 2.75) is 45.8 Å². The average Bonchev–Trinajstić information content (AvgIpc) is 2.10. The van der Waals surface area contributed by atoms with Crippen LogP contribution in [-0.4, -0.2) is 27.7 Å². The van der Waals surface area contributed by atoms with Crippen molar-refractivity contribution in [3.8, 4) is 0 Å². The molecule has 16 heavy (non-hydrogen) atoms. The summed E-state index contributed by atoms with van der Waals surface area (Å²) in [6.45, 7) is 7.08. The number of hydrogen-bond acceptors (Lipinski definition) is 3. The van der Waals surface area contributed by atoms with Gasteiger partial charge < -0.3 is 10.2 Å². The highest BCUT2D eigenvalue weighted by Gasteiger charge is 2.46. The van der Waals surface area contributed by atoms with Crippen LogP contribution in [0.4, 0.5) is 0 Å². The Balaban J connectivity index is 3.16. The Morgan fingerprint density at radius 2 is 2.06 bits per heavy atom. The molecule has 1 aliphatic rings. The van der Waals surface area contributed by atoms with Crippen molar-refractivity contribution in [3.05, 3.63) is 23.8 Å². The van der Waals surface area contributed by atoms with Gasteiger partial charge in [0.2, 0.25) is 0 Å². The van der Waals surface area contributed by atoms with Crippen LogP contribution in [0.5, 0.6) is 0 Å². The minimum absolute atomic E-state index is 0.0395. The molecular formula is C13H20O3. The Morgan fingerprint density at radius 3 is 2.50 bits per heavy atom. The fourth-order valence-corrected chi connectivity index (χ4v) is 2.14. The van der Waals surface area contributed by atoms with Crippen LogP contribution < -0.4 is 0 Å². The van der Waals surface area contributed by atoms with Crippen LogP contribution in [0.1, 0.15) is 34.1 Å². The summed E-state index contributed by atoms with van der Waals surface area (Å²) in [7, 11) is 0. The average molecular weight is 224 g/mol. The number of ketones is 1. The molecule has 0 spiro atoms. The number of carbonyl (C=O) groups excluding carboxylic acids is 1. The van der Waals surface area contributed by atoms with E-state index in [1.165, 1.54) is 6.08 Å². The quantitative estimate of drug-likeness (QED) is 0.700. The van der Waals surface area contributed by atoms with E-state index in [0.717, 1.165) is 0 Å². The summed E-state index contributed by atoms with van der Waals surface area (Å²) in [6, 6.07) is 0. The van der Waals surface area contributed by atoms with Crippen molar-refractivity contribution in [2.24, 2.45) is 5.41 Å². The summed E-state index contributed by atoms with van der Waals surface area (Å²) in [5.74, 6) is 0.0395. The van der Waals surface area contributed by atoms with Crippen molar-refractivity contribution < 1.29 is 15.0 Å². The highest BCUT2D eigenvalue weighted by atomic mass is 16.3. The van der Waals surface area contributed by atoms with Gasteiger partial charge in [0.1, 0.15) is 5.60 Å². The number of aliphatic hydroxyl groups excluding tert-OH is 1. The van der Waals surface area contributed by atoms with E-state index in [4.69, 9.17) is 0 Å². The highest BCUT2D eigenvalue weighted by molar-refractivity contribution is 5.92. The van der Waals surface area contributed by atoms with E-state index < -0.39 is 17.1 Å². The lowest BCUT2D eigenvalue weighted by Gasteiger charge is -2.44. The molecule has 0 aliphatic heterocycles. The van der Waals surface area contributed by atoms with E-state index in [1.807, 2.05) is 13.8 Å². The van der Waals surface area contributed by atoms with E-state index in [9.17, 15) is 15.0 Å². The standard InChI is InChI=1S/C13H20O3/c1-9-7-11(15)8-12(3,4)13(9,16)6-5-10(2)14/h5-7,10,14,16H,8H2,1-4H3/t10-,13+/m0/s1. The Bertz CT molecular complexity index is 350. The summed E-state index contributed by atoms with van der Waals surface area (Å²) in [5.41, 5.74) is -1.07. The third kappa shape index (κ3) is 2.25. The summed E-state index contributed by atoms with van der Waals surface area (Å²) < 4.78 is 0. The molecule has 0 heterocycles. The van der Waals surface area contributed by atoms with Crippen molar-refractivity contribution in [2.75, 3.05) is 0 Å². The van der Waals surface area contributed by atoms with E-state index in [0.29, 0.717) is 12.0 Å². The first kappa shape index (κ1) is 13.1. The van der Waals surface area contributed by atoms with Gasteiger partial charge in [0.05, 0.1) is 6.10 Å². The van der Waals surface area contributed by atoms with Crippen LogP contribution in [-0.2, 0) is 4.79 Å². The molecule has 0 amide bonds. The summed E-state index contributed by atoms with van der Waals surface area (Å²) >= 11 is 0. The molecule has 90 valence electrons. The van der Waals surface area contributed by atoms with Crippen LogP contribution in [0, 0.1) is 5.41 Å². The lowest BCUT2D eigenvalue weighted by atomic mass is 9.64. The smallest absolute Gasteiger partial charge is 0.156 e. The summed E-state index contributed by atoms with van der Waals surface area (Å²) in [6.07, 6.45) is 4.33. The SMILES string of the molecule is CC1=CC(=O)CC(C)(C)[C@@]1(O)C=C[C@H](C)O. The van der Waals surface area contributed by atoms with Crippen LogP contribution >= 0.6 is 0 Å². The molecule has 1 rings (SSSR count). The molecule has 1 aliphatic carbocycles. The molecule has 0 aromatic heterocycles. The maximum absolute atomic E-state index is 11.5. The van der Waals surface area contributed by atoms with Gasteiger partial charge in [-0.3, -0.25) is 4.79 Å². The number of hydrogen-bond donors (Lipinski definition) is 2. The zero-order valence-corrected chi connectivity index (χ0v) is 10.3. The molecule has 0 fully saturated rings. The van der Waals surface area contributed by atoms with E-state index in [-0.39, 0.29) is 5.78 Å². The van der Waals surface area contributed by atoms with Gasteiger partial charge in [-0.2, -0.15) is 0 Å². The Morgan fingerprint density at radius 1 is 1.50 bits per heavy atom. The molecule has 0 unspecified atom stereocenters. The molecular weight excluding hydrogens is 204 g/mol. The molecule has 0 bridgehead atoms. The van der Waals surface area contributed by atoms with Gasteiger partial charge in [0, 0.05) is 11.8 Å². The topological polar surface area (TPSA) is 57.5 Å². The molecule has 0 radical (unpaired) electrons. The Hall–Kier alpha value is -0.930. The summed E-state index contributed by atoms with van der Waals surface area (Å²) in [4.78, 5) is 11.5. The number of aliphatic hydroxyl groups is 2. The van der Waals surface area contributed by atoms with Gasteiger partial charge in [-0.25, -0.2) is 0 Å². The minimum Gasteiger partial charge on any atom is -0.389 e. The first-order chi connectivity index (χ1) is 7.19. The lowest BCUT2D eigenvalue weighted by Crippen LogP contribution is -2.48. The monoisotopic (exact) mass is 224 g/mol. The maximum Gasteiger partial charge on any atom is 0.156 e. The first-order valence-corrected chi connectivity index (χ1v) is 5.50. The van der Waals surface area contributed by atoms with Gasteiger partial charge in [-0.05, 0) is 31.6 Å². The second kappa shape index (κ2) is 4.15. The summed E-state index contributed by atoms with van der Waals surface area (Å²) in [5, 5.41) is 19.8. The molecule has 0 saturated heterocycles. The molecule has 0 aromatic rings. The second-order valence-corrected chi connectivity index (χ2v) is 5.22. The van der Waals surface area contributed by atoms with Crippen LogP contribution in [0.25, 0.3) is 0 Å². The highest BCUT2D eigenvalue weighted by Crippen LogP contribution is 2.44. The molecule has 0 saturated carbocycles. The number of allylic oxidation sites excluding steroid dienone is 1. The van der Waals surface area contributed by atoms with Gasteiger partial charge in [-0.1, -0.05) is 19.9 Å². The zero-order chi connectivity index (χ0) is 12.6. The first-order valence-electron chi connectivity index (χ1n) is 5.50. The van der Waals surface area contributed by atoms with Gasteiger partial charge in [-0.15, -0.1) is 0 Å². The fraction of sp³-hybridized carbons (Fsp3) is 0.615. The van der Waals surface area contributed by atoms with Crippen LogP contribution in [0.3, 0.4) is 0 Å². The van der Waals surface area contributed by atoms with Gasteiger partial charge in [0.15, 0.2) is 5.78 Å². The molecule has 2 N–H and O–H groups in total. The molecule has 3 nitrogen and oxygen atoms in total. The Kier molecular flexibility index (Phi) is 3.41. The van der Waals surface area contributed by atoms with Crippen molar-refractivity contribution in [1.29, 1.82) is 0 Å². The number of carbonyl (C=O) groups is 1. The molecule has 3 heteroatoms. The second-order valence-electron chi connectivity index (χ2n) is 5.22. The lowest BCUT2D eigenvalue weighted by molar-refractivity contribution is -0.121. The van der Waals surface area contributed by atoms with Gasteiger partial charge >= 0.3 is 0 Å². The predicted molar refractivity (Wildman–Crippen MR) is 62.9 cm³/mol. The van der Waals surface area contributed by atoms with Crippen molar-refractivity contribution in [3.63, 3.8) is 0 Å². The minimum atomic E-state index is -1.15. The normalized spacial score (nSPS) is 31.6. The van der Waals surface area contributed by atoms with E-state index in [2.05, 4.69) is 0 Å². The third-order valence-electron chi connectivity index (χ3n) is 3.24. The largest absolute Gasteiger partial charge is 0.389 e. The fourth-order valence-electron chi connectivity index (χ4n) is 2.14. The van der Waals surface area contributed by atoms with Gasteiger partial charge in [0.25, 0.3) is 0 Å².